The molecule has 136 valence electrons. The number of rotatable bonds is 7. The standard InChI is InChI=1S/C18H25FN4OS/c1-5-20-18(22-11-17-23-12(3)13(4)25-17)21-10-14-7-8-16(24-6-2)15(19)9-14/h7-9H,5-6,10-11H2,1-4H3,(H2,20,21,22). The molecule has 7 heteroatoms. The summed E-state index contributed by atoms with van der Waals surface area (Å²) in [7, 11) is 0. The quantitative estimate of drug-likeness (QED) is 0.583. The molecule has 2 N–H and O–H groups in total. The molecule has 0 bridgehead atoms. The van der Waals surface area contributed by atoms with Gasteiger partial charge in [0.15, 0.2) is 17.5 Å². The number of aliphatic imine (C=N–C) groups is 1. The summed E-state index contributed by atoms with van der Waals surface area (Å²) in [6.45, 7) is 10.1. The topological polar surface area (TPSA) is 58.5 Å². The van der Waals surface area contributed by atoms with Crippen LogP contribution < -0.4 is 15.4 Å². The van der Waals surface area contributed by atoms with Crippen LogP contribution in [0.1, 0.15) is 35.0 Å². The molecule has 0 amide bonds. The van der Waals surface area contributed by atoms with Gasteiger partial charge in [0.05, 0.1) is 25.4 Å². The van der Waals surface area contributed by atoms with Crippen molar-refractivity contribution in [3.8, 4) is 5.75 Å². The summed E-state index contributed by atoms with van der Waals surface area (Å²) in [4.78, 5) is 10.2. The summed E-state index contributed by atoms with van der Waals surface area (Å²) in [6, 6.07) is 4.94. The zero-order valence-corrected chi connectivity index (χ0v) is 16.0. The van der Waals surface area contributed by atoms with Gasteiger partial charge in [0.25, 0.3) is 0 Å². The largest absolute Gasteiger partial charge is 0.491 e. The van der Waals surface area contributed by atoms with Crippen molar-refractivity contribution < 1.29 is 9.13 Å². The fourth-order valence-corrected chi connectivity index (χ4v) is 3.08. The van der Waals surface area contributed by atoms with Crippen molar-refractivity contribution in [3.63, 3.8) is 0 Å². The Balaban J connectivity index is 2.00. The summed E-state index contributed by atoms with van der Waals surface area (Å²) >= 11 is 1.68. The van der Waals surface area contributed by atoms with Crippen molar-refractivity contribution in [2.24, 2.45) is 4.99 Å². The Hall–Kier alpha value is -2.15. The third-order valence-electron chi connectivity index (χ3n) is 3.54. The third kappa shape index (κ3) is 5.70. The van der Waals surface area contributed by atoms with Gasteiger partial charge in [-0.25, -0.2) is 14.4 Å². The SMILES string of the molecule is CCNC(=NCc1ccc(OCC)c(F)c1)NCc1nc(C)c(C)s1. The summed E-state index contributed by atoms with van der Waals surface area (Å²) < 4.78 is 19.1. The molecule has 1 aromatic heterocycles. The highest BCUT2D eigenvalue weighted by Crippen LogP contribution is 2.19. The van der Waals surface area contributed by atoms with E-state index in [0.29, 0.717) is 25.7 Å². The van der Waals surface area contributed by atoms with Crippen LogP contribution in [0.4, 0.5) is 4.39 Å². The number of thiazole rings is 1. The second kappa shape index (κ2) is 9.36. The van der Waals surface area contributed by atoms with E-state index in [4.69, 9.17) is 4.74 Å². The molecule has 2 rings (SSSR count). The average Bonchev–Trinajstić information content (AvgIpc) is 2.91. The summed E-state index contributed by atoms with van der Waals surface area (Å²) in [5, 5.41) is 7.47. The molecule has 0 aliphatic carbocycles. The molecule has 2 aromatic rings. The lowest BCUT2D eigenvalue weighted by molar-refractivity contribution is 0.321. The van der Waals surface area contributed by atoms with Crippen LogP contribution in [0.5, 0.6) is 5.75 Å². The first-order chi connectivity index (χ1) is 12.0. The lowest BCUT2D eigenvalue weighted by Crippen LogP contribution is -2.36. The minimum Gasteiger partial charge on any atom is -0.491 e. The molecule has 0 unspecified atom stereocenters. The van der Waals surface area contributed by atoms with Crippen LogP contribution in [0, 0.1) is 19.7 Å². The fourth-order valence-electron chi connectivity index (χ4n) is 2.20. The van der Waals surface area contributed by atoms with Crippen molar-refractivity contribution in [1.82, 2.24) is 15.6 Å². The van der Waals surface area contributed by atoms with Crippen LogP contribution in [-0.4, -0.2) is 24.1 Å². The first-order valence-corrected chi connectivity index (χ1v) is 9.21. The third-order valence-corrected chi connectivity index (χ3v) is 4.61. The maximum atomic E-state index is 13.9. The number of hydrogen-bond donors (Lipinski definition) is 2. The number of halogens is 1. The zero-order valence-electron chi connectivity index (χ0n) is 15.1. The number of nitrogens with one attached hydrogen (secondary N) is 2. The molecule has 25 heavy (non-hydrogen) atoms. The van der Waals surface area contributed by atoms with E-state index in [1.807, 2.05) is 26.8 Å². The molecule has 0 atom stereocenters. The van der Waals surface area contributed by atoms with Gasteiger partial charge in [-0.2, -0.15) is 0 Å². The van der Waals surface area contributed by atoms with Crippen molar-refractivity contribution in [3.05, 3.63) is 45.2 Å². The van der Waals surface area contributed by atoms with Gasteiger partial charge in [-0.05, 0) is 45.4 Å². The summed E-state index contributed by atoms with van der Waals surface area (Å²) in [6.07, 6.45) is 0. The highest BCUT2D eigenvalue weighted by atomic mass is 32.1. The lowest BCUT2D eigenvalue weighted by Gasteiger charge is -2.10. The van der Waals surface area contributed by atoms with Crippen molar-refractivity contribution in [2.45, 2.75) is 40.8 Å². The van der Waals surface area contributed by atoms with Crippen molar-refractivity contribution >= 4 is 17.3 Å². The second-order valence-corrected chi connectivity index (χ2v) is 6.78. The Morgan fingerprint density at radius 1 is 1.28 bits per heavy atom. The van der Waals surface area contributed by atoms with Crippen LogP contribution in [-0.2, 0) is 13.1 Å². The maximum Gasteiger partial charge on any atom is 0.191 e. The number of ether oxygens (including phenoxy) is 1. The van der Waals surface area contributed by atoms with E-state index in [2.05, 4.69) is 27.5 Å². The zero-order chi connectivity index (χ0) is 18.2. The monoisotopic (exact) mass is 364 g/mol. The molecule has 5 nitrogen and oxygen atoms in total. The first kappa shape index (κ1) is 19.2. The van der Waals surface area contributed by atoms with Gasteiger partial charge >= 0.3 is 0 Å². The maximum absolute atomic E-state index is 13.9. The van der Waals surface area contributed by atoms with Crippen LogP contribution in [0.25, 0.3) is 0 Å². The minimum absolute atomic E-state index is 0.273. The molecule has 1 aromatic carbocycles. The highest BCUT2D eigenvalue weighted by molar-refractivity contribution is 7.11. The number of hydrogen-bond acceptors (Lipinski definition) is 4. The van der Waals surface area contributed by atoms with Crippen LogP contribution >= 0.6 is 11.3 Å². The Bertz CT molecular complexity index is 710. The molecule has 1 heterocycles. The van der Waals surface area contributed by atoms with Gasteiger partial charge in [0.2, 0.25) is 0 Å². The van der Waals surface area contributed by atoms with E-state index in [1.165, 1.54) is 10.9 Å². The smallest absolute Gasteiger partial charge is 0.191 e. The Labute approximate surface area is 152 Å². The number of aryl methyl sites for hydroxylation is 2. The molecular weight excluding hydrogens is 339 g/mol. The van der Waals surface area contributed by atoms with E-state index in [0.717, 1.165) is 22.8 Å². The number of guanidine groups is 1. The van der Waals surface area contributed by atoms with E-state index >= 15 is 0 Å². The van der Waals surface area contributed by atoms with Gasteiger partial charge in [0, 0.05) is 11.4 Å². The molecule has 0 saturated carbocycles. The number of nitrogens with zero attached hydrogens (tertiary/aromatic N) is 2. The fraction of sp³-hybridized carbons (Fsp3) is 0.444. The Morgan fingerprint density at radius 3 is 2.68 bits per heavy atom. The second-order valence-electron chi connectivity index (χ2n) is 5.50. The number of aromatic nitrogens is 1. The van der Waals surface area contributed by atoms with E-state index in [-0.39, 0.29) is 11.6 Å². The predicted octanol–water partition coefficient (Wildman–Crippen LogP) is 3.55. The molecule has 0 spiro atoms. The van der Waals surface area contributed by atoms with Crippen LogP contribution in [0.15, 0.2) is 23.2 Å². The van der Waals surface area contributed by atoms with Crippen molar-refractivity contribution in [2.75, 3.05) is 13.2 Å². The van der Waals surface area contributed by atoms with E-state index in [9.17, 15) is 4.39 Å². The van der Waals surface area contributed by atoms with Gasteiger partial charge in [-0.3, -0.25) is 0 Å². The first-order valence-electron chi connectivity index (χ1n) is 8.39. The molecule has 0 radical (unpaired) electrons. The van der Waals surface area contributed by atoms with Gasteiger partial charge < -0.3 is 15.4 Å². The Kier molecular flexibility index (Phi) is 7.18. The molecule has 0 fully saturated rings. The van der Waals surface area contributed by atoms with Crippen LogP contribution in [0.2, 0.25) is 0 Å². The highest BCUT2D eigenvalue weighted by Gasteiger charge is 2.06. The van der Waals surface area contributed by atoms with Crippen LogP contribution in [0.3, 0.4) is 0 Å². The van der Waals surface area contributed by atoms with Gasteiger partial charge in [-0.1, -0.05) is 6.07 Å². The minimum atomic E-state index is -0.360. The lowest BCUT2D eigenvalue weighted by atomic mass is 10.2. The average molecular weight is 364 g/mol. The molecular formula is C18H25FN4OS. The summed E-state index contributed by atoms with van der Waals surface area (Å²) in [5.74, 6) is 0.596. The van der Waals surface area contributed by atoms with Gasteiger partial charge in [0.1, 0.15) is 5.01 Å². The van der Waals surface area contributed by atoms with E-state index in [1.54, 1.807) is 17.4 Å². The Morgan fingerprint density at radius 2 is 2.08 bits per heavy atom. The van der Waals surface area contributed by atoms with Crippen molar-refractivity contribution in [1.29, 1.82) is 0 Å². The summed E-state index contributed by atoms with van der Waals surface area (Å²) in [5.41, 5.74) is 1.85. The van der Waals surface area contributed by atoms with Gasteiger partial charge in [-0.15, -0.1) is 11.3 Å². The molecule has 0 saturated heterocycles. The predicted molar refractivity (Wildman–Crippen MR) is 101 cm³/mol. The molecule has 0 aliphatic rings. The normalized spacial score (nSPS) is 11.5. The molecule has 0 aliphatic heterocycles. The number of benzene rings is 1. The van der Waals surface area contributed by atoms with E-state index < -0.39 is 0 Å².